The summed E-state index contributed by atoms with van der Waals surface area (Å²) in [7, 11) is -0.423. The predicted octanol–water partition coefficient (Wildman–Crippen LogP) is 2.26. The van der Waals surface area contributed by atoms with Gasteiger partial charge >= 0.3 is 0 Å². The summed E-state index contributed by atoms with van der Waals surface area (Å²) in [5.74, 6) is 0. The van der Waals surface area contributed by atoms with Gasteiger partial charge < -0.3 is 5.32 Å². The van der Waals surface area contributed by atoms with E-state index in [0.717, 1.165) is 5.56 Å². The standard InChI is InChI=1S/C14H17N3O2S/c1-11-5-4-6-12(9-11)17(3)20(18,19)14-10-16-8-7-13(14)15-2/h4-10H,1-3H3,(H,15,16). The van der Waals surface area contributed by atoms with Crippen LogP contribution in [0.3, 0.4) is 0 Å². The summed E-state index contributed by atoms with van der Waals surface area (Å²) < 4.78 is 26.6. The minimum Gasteiger partial charge on any atom is -0.387 e. The molecule has 1 N–H and O–H groups in total. The Bertz CT molecular complexity index is 714. The third-order valence-corrected chi connectivity index (χ3v) is 4.87. The number of hydrogen-bond donors (Lipinski definition) is 1. The Balaban J connectivity index is 2.50. The first-order valence-corrected chi connectivity index (χ1v) is 7.58. The zero-order valence-electron chi connectivity index (χ0n) is 11.7. The van der Waals surface area contributed by atoms with Gasteiger partial charge in [-0.1, -0.05) is 12.1 Å². The first kappa shape index (κ1) is 14.3. The van der Waals surface area contributed by atoms with Crippen molar-refractivity contribution in [1.82, 2.24) is 4.98 Å². The number of aryl methyl sites for hydroxylation is 1. The molecule has 0 aliphatic heterocycles. The van der Waals surface area contributed by atoms with Crippen LogP contribution in [0.1, 0.15) is 5.56 Å². The smallest absolute Gasteiger partial charge is 0.267 e. The molecule has 2 rings (SSSR count). The maximum absolute atomic E-state index is 12.7. The number of aromatic nitrogens is 1. The molecule has 0 amide bonds. The van der Waals surface area contributed by atoms with Gasteiger partial charge in [0.2, 0.25) is 0 Å². The lowest BCUT2D eigenvalue weighted by Crippen LogP contribution is -2.27. The van der Waals surface area contributed by atoms with E-state index in [4.69, 9.17) is 0 Å². The van der Waals surface area contributed by atoms with Gasteiger partial charge in [0.25, 0.3) is 10.0 Å². The molecule has 1 aromatic carbocycles. The summed E-state index contributed by atoms with van der Waals surface area (Å²) in [6.45, 7) is 1.92. The second-order valence-electron chi connectivity index (χ2n) is 4.43. The molecule has 1 aromatic heterocycles. The SMILES string of the molecule is CNc1ccncc1S(=O)(=O)N(C)c1cccc(C)c1. The maximum atomic E-state index is 12.7. The third kappa shape index (κ3) is 2.60. The van der Waals surface area contributed by atoms with E-state index in [-0.39, 0.29) is 4.90 Å². The van der Waals surface area contributed by atoms with E-state index in [1.807, 2.05) is 25.1 Å². The molecule has 20 heavy (non-hydrogen) atoms. The lowest BCUT2D eigenvalue weighted by atomic mass is 10.2. The molecule has 6 heteroatoms. The molecule has 0 saturated heterocycles. The van der Waals surface area contributed by atoms with Crippen LogP contribution >= 0.6 is 0 Å². The molecule has 1 heterocycles. The van der Waals surface area contributed by atoms with Gasteiger partial charge in [-0.2, -0.15) is 0 Å². The molecule has 0 aliphatic rings. The molecule has 0 bridgehead atoms. The van der Waals surface area contributed by atoms with E-state index in [2.05, 4.69) is 10.3 Å². The van der Waals surface area contributed by atoms with Crippen molar-refractivity contribution in [3.05, 3.63) is 48.3 Å². The van der Waals surface area contributed by atoms with Gasteiger partial charge in [-0.25, -0.2) is 8.42 Å². The number of sulfonamides is 1. The van der Waals surface area contributed by atoms with Crippen molar-refractivity contribution < 1.29 is 8.42 Å². The van der Waals surface area contributed by atoms with E-state index < -0.39 is 10.0 Å². The number of benzene rings is 1. The highest BCUT2D eigenvalue weighted by atomic mass is 32.2. The second-order valence-corrected chi connectivity index (χ2v) is 6.37. The van der Waals surface area contributed by atoms with Crippen molar-refractivity contribution in [3.8, 4) is 0 Å². The van der Waals surface area contributed by atoms with E-state index >= 15 is 0 Å². The molecule has 0 atom stereocenters. The van der Waals surface area contributed by atoms with Crippen LogP contribution in [0, 0.1) is 6.92 Å². The molecule has 106 valence electrons. The van der Waals surface area contributed by atoms with E-state index in [0.29, 0.717) is 11.4 Å². The minimum atomic E-state index is -3.64. The Morgan fingerprint density at radius 2 is 2.00 bits per heavy atom. The van der Waals surface area contributed by atoms with Crippen molar-refractivity contribution in [2.24, 2.45) is 0 Å². The Morgan fingerprint density at radius 3 is 2.65 bits per heavy atom. The molecular formula is C14H17N3O2S. The van der Waals surface area contributed by atoms with Crippen LogP contribution in [0.4, 0.5) is 11.4 Å². The normalized spacial score (nSPS) is 11.2. The van der Waals surface area contributed by atoms with Crippen LogP contribution in [-0.4, -0.2) is 27.5 Å². The number of anilines is 2. The van der Waals surface area contributed by atoms with Crippen LogP contribution in [0.5, 0.6) is 0 Å². The van der Waals surface area contributed by atoms with Crippen molar-refractivity contribution in [2.75, 3.05) is 23.7 Å². The third-order valence-electron chi connectivity index (χ3n) is 3.06. The van der Waals surface area contributed by atoms with Gasteiger partial charge in [0.1, 0.15) is 4.90 Å². The second kappa shape index (κ2) is 5.50. The van der Waals surface area contributed by atoms with E-state index in [1.54, 1.807) is 25.4 Å². The zero-order chi connectivity index (χ0) is 14.8. The number of nitrogens with one attached hydrogen (secondary N) is 1. The highest BCUT2D eigenvalue weighted by Crippen LogP contribution is 2.26. The molecule has 2 aromatic rings. The molecule has 0 fully saturated rings. The quantitative estimate of drug-likeness (QED) is 0.938. The fourth-order valence-corrected chi connectivity index (χ4v) is 3.23. The Kier molecular flexibility index (Phi) is 3.94. The van der Waals surface area contributed by atoms with E-state index in [9.17, 15) is 8.42 Å². The van der Waals surface area contributed by atoms with Gasteiger partial charge in [-0.15, -0.1) is 0 Å². The molecule has 0 unspecified atom stereocenters. The highest BCUT2D eigenvalue weighted by Gasteiger charge is 2.24. The van der Waals surface area contributed by atoms with Crippen molar-refractivity contribution in [2.45, 2.75) is 11.8 Å². The average Bonchev–Trinajstić information content (AvgIpc) is 2.46. The van der Waals surface area contributed by atoms with Gasteiger partial charge in [0, 0.05) is 26.5 Å². The molecule has 0 radical (unpaired) electrons. The van der Waals surface area contributed by atoms with Crippen LogP contribution in [0.15, 0.2) is 47.6 Å². The fraction of sp³-hybridized carbons (Fsp3) is 0.214. The fourth-order valence-electron chi connectivity index (χ4n) is 1.90. The van der Waals surface area contributed by atoms with E-state index in [1.165, 1.54) is 17.5 Å². The summed E-state index contributed by atoms with van der Waals surface area (Å²) in [5, 5.41) is 2.87. The minimum absolute atomic E-state index is 0.159. The summed E-state index contributed by atoms with van der Waals surface area (Å²) in [6.07, 6.45) is 2.91. The zero-order valence-corrected chi connectivity index (χ0v) is 12.5. The summed E-state index contributed by atoms with van der Waals surface area (Å²) in [4.78, 5) is 4.07. The van der Waals surface area contributed by atoms with Gasteiger partial charge in [-0.05, 0) is 30.7 Å². The first-order valence-electron chi connectivity index (χ1n) is 6.14. The molecule has 5 nitrogen and oxygen atoms in total. The monoisotopic (exact) mass is 291 g/mol. The van der Waals surface area contributed by atoms with Crippen LogP contribution < -0.4 is 9.62 Å². The molecule has 0 spiro atoms. The Labute approximate surface area is 119 Å². The predicted molar refractivity (Wildman–Crippen MR) is 80.6 cm³/mol. The van der Waals surface area contributed by atoms with Gasteiger partial charge in [0.15, 0.2) is 0 Å². The van der Waals surface area contributed by atoms with Gasteiger partial charge in [-0.3, -0.25) is 9.29 Å². The summed E-state index contributed by atoms with van der Waals surface area (Å²) >= 11 is 0. The number of rotatable bonds is 4. The number of pyridine rings is 1. The number of hydrogen-bond acceptors (Lipinski definition) is 4. The van der Waals surface area contributed by atoms with Crippen molar-refractivity contribution in [1.29, 1.82) is 0 Å². The topological polar surface area (TPSA) is 62.3 Å². The lowest BCUT2D eigenvalue weighted by molar-refractivity contribution is 0.594. The van der Waals surface area contributed by atoms with Crippen molar-refractivity contribution >= 4 is 21.4 Å². The van der Waals surface area contributed by atoms with Crippen LogP contribution in [0.25, 0.3) is 0 Å². The first-order chi connectivity index (χ1) is 9.46. The lowest BCUT2D eigenvalue weighted by Gasteiger charge is -2.21. The number of nitrogens with zero attached hydrogens (tertiary/aromatic N) is 2. The molecule has 0 saturated carbocycles. The highest BCUT2D eigenvalue weighted by molar-refractivity contribution is 7.93. The molecular weight excluding hydrogens is 274 g/mol. The largest absolute Gasteiger partial charge is 0.387 e. The Morgan fingerprint density at radius 1 is 1.25 bits per heavy atom. The van der Waals surface area contributed by atoms with Crippen molar-refractivity contribution in [3.63, 3.8) is 0 Å². The maximum Gasteiger partial charge on any atom is 0.267 e. The molecule has 0 aliphatic carbocycles. The van der Waals surface area contributed by atoms with Crippen LogP contribution in [0.2, 0.25) is 0 Å². The summed E-state index contributed by atoms with van der Waals surface area (Å²) in [6, 6.07) is 8.98. The Hall–Kier alpha value is -2.08. The summed E-state index contributed by atoms with van der Waals surface area (Å²) in [5.41, 5.74) is 2.15. The van der Waals surface area contributed by atoms with Crippen LogP contribution in [-0.2, 0) is 10.0 Å². The average molecular weight is 291 g/mol. The van der Waals surface area contributed by atoms with Gasteiger partial charge in [0.05, 0.1) is 11.4 Å².